The van der Waals surface area contributed by atoms with Crippen LogP contribution in [0.4, 0.5) is 13.2 Å². The van der Waals surface area contributed by atoms with Gasteiger partial charge in [0.05, 0.1) is 11.3 Å². The molecule has 32 heavy (non-hydrogen) atoms. The molecule has 1 aliphatic heterocycles. The lowest BCUT2D eigenvalue weighted by Gasteiger charge is -2.32. The predicted octanol–water partition coefficient (Wildman–Crippen LogP) is 3.87. The van der Waals surface area contributed by atoms with Crippen LogP contribution in [-0.2, 0) is 11.2 Å². The number of rotatable bonds is 9. The minimum Gasteiger partial charge on any atom is -0.375 e. The Bertz CT molecular complexity index is 906. The molecule has 2 rings (SSSR count). The number of carbonyl (C=O) groups excluding carboxylic acids is 1. The summed E-state index contributed by atoms with van der Waals surface area (Å²) in [4.78, 5) is 13.2. The van der Waals surface area contributed by atoms with Crippen LogP contribution in [0.25, 0.3) is 12.2 Å². The van der Waals surface area contributed by atoms with Crippen molar-refractivity contribution in [1.29, 1.82) is 0 Å². The molecule has 1 heterocycles. The summed E-state index contributed by atoms with van der Waals surface area (Å²) in [5, 5.41) is 14.5. The minimum absolute atomic E-state index is 0.0256. The molecular formula is C21H26F3N3O3S2. The number of hydrogen-bond acceptors (Lipinski definition) is 7. The summed E-state index contributed by atoms with van der Waals surface area (Å²) < 4.78 is 49.8. The largest absolute Gasteiger partial charge is 0.432 e. The fraction of sp³-hybridized carbons (Fsp3) is 0.381. The molecule has 176 valence electrons. The zero-order chi connectivity index (χ0) is 24.1. The number of nitrogens with zero attached hydrogens (tertiary/aromatic N) is 1. The number of carbonyl (C=O) groups is 1. The van der Waals surface area contributed by atoms with E-state index in [1.165, 1.54) is 14.1 Å². The lowest BCUT2D eigenvalue weighted by molar-refractivity contribution is -0.121. The van der Waals surface area contributed by atoms with Crippen molar-refractivity contribution in [3.05, 3.63) is 58.1 Å². The van der Waals surface area contributed by atoms with Gasteiger partial charge in [0.25, 0.3) is 0 Å². The first-order valence-corrected chi connectivity index (χ1v) is 11.3. The van der Waals surface area contributed by atoms with Crippen molar-refractivity contribution in [3.63, 3.8) is 0 Å². The van der Waals surface area contributed by atoms with Gasteiger partial charge in [0.2, 0.25) is 5.91 Å². The maximum Gasteiger partial charge on any atom is 0.432 e. The molecule has 0 saturated carbocycles. The van der Waals surface area contributed by atoms with E-state index in [1.807, 2.05) is 37.3 Å². The van der Waals surface area contributed by atoms with Crippen LogP contribution in [0.2, 0.25) is 0 Å². The van der Waals surface area contributed by atoms with Gasteiger partial charge in [0.15, 0.2) is 5.44 Å². The Kier molecular flexibility index (Phi) is 9.28. The van der Waals surface area contributed by atoms with Crippen molar-refractivity contribution in [2.75, 3.05) is 14.1 Å². The Morgan fingerprint density at radius 2 is 2.09 bits per heavy atom. The first-order chi connectivity index (χ1) is 15.1. The number of benzene rings is 1. The number of aliphatic hydroxyl groups excluding tert-OH is 1. The molecular weight excluding hydrogens is 463 g/mol. The average molecular weight is 490 g/mol. The van der Waals surface area contributed by atoms with Crippen LogP contribution in [0.15, 0.2) is 41.5 Å². The number of halogens is 3. The van der Waals surface area contributed by atoms with Crippen LogP contribution in [-0.4, -0.2) is 57.7 Å². The van der Waals surface area contributed by atoms with Gasteiger partial charge in [-0.15, -0.1) is 0 Å². The first kappa shape index (κ1) is 26.3. The highest BCUT2D eigenvalue weighted by Gasteiger charge is 2.49. The zero-order valence-electron chi connectivity index (χ0n) is 17.8. The van der Waals surface area contributed by atoms with Gasteiger partial charge in [-0.25, -0.2) is 0 Å². The van der Waals surface area contributed by atoms with E-state index in [9.17, 15) is 23.1 Å². The number of thioether (sulfide) groups is 1. The summed E-state index contributed by atoms with van der Waals surface area (Å²) in [5.74, 6) is -0.383. The van der Waals surface area contributed by atoms with E-state index in [0.29, 0.717) is 0 Å². The van der Waals surface area contributed by atoms with E-state index in [-0.39, 0.29) is 24.4 Å². The van der Waals surface area contributed by atoms with Crippen molar-refractivity contribution >= 4 is 41.9 Å². The Hall–Kier alpha value is -1.92. The van der Waals surface area contributed by atoms with Gasteiger partial charge >= 0.3 is 6.18 Å². The molecule has 0 radical (unpaired) electrons. The molecule has 0 bridgehead atoms. The number of alkyl halides is 3. The van der Waals surface area contributed by atoms with E-state index in [4.69, 9.17) is 4.55 Å². The molecule has 1 amide bonds. The van der Waals surface area contributed by atoms with Crippen LogP contribution in [0.1, 0.15) is 23.6 Å². The molecule has 4 N–H and O–H groups in total. The van der Waals surface area contributed by atoms with E-state index in [2.05, 4.69) is 17.2 Å². The number of allylic oxidation sites excluding steroid dienone is 2. The third kappa shape index (κ3) is 6.10. The second-order valence-electron chi connectivity index (χ2n) is 6.97. The molecule has 0 spiro atoms. The van der Waals surface area contributed by atoms with Crippen molar-refractivity contribution in [2.45, 2.75) is 36.5 Å². The van der Waals surface area contributed by atoms with Gasteiger partial charge in [0.1, 0.15) is 17.2 Å². The first-order valence-electron chi connectivity index (χ1n) is 9.61. The molecule has 11 heteroatoms. The van der Waals surface area contributed by atoms with Crippen LogP contribution in [0.5, 0.6) is 0 Å². The monoisotopic (exact) mass is 489 g/mol. The highest BCUT2D eigenvalue weighted by atomic mass is 32.2. The second kappa shape index (κ2) is 11.3. The van der Waals surface area contributed by atoms with Crippen LogP contribution < -0.4 is 10.6 Å². The Morgan fingerprint density at radius 3 is 2.62 bits per heavy atom. The predicted molar refractivity (Wildman–Crippen MR) is 124 cm³/mol. The van der Waals surface area contributed by atoms with E-state index in [0.717, 1.165) is 33.4 Å². The van der Waals surface area contributed by atoms with E-state index >= 15 is 0 Å². The molecule has 0 fully saturated rings. The van der Waals surface area contributed by atoms with Gasteiger partial charge < -0.3 is 19.9 Å². The summed E-state index contributed by atoms with van der Waals surface area (Å²) in [5.41, 5.74) is -0.238. The topological polar surface area (TPSA) is 84.8 Å². The second-order valence-corrected chi connectivity index (χ2v) is 8.78. The summed E-state index contributed by atoms with van der Waals surface area (Å²) in [6, 6.07) is 5.52. The third-order valence-corrected chi connectivity index (χ3v) is 6.89. The summed E-state index contributed by atoms with van der Waals surface area (Å²) in [7, 11) is 2.75. The SMILES string of the molecule is C=Cc1cc(CC(=O)NC(NC)C2SC(C(O)SO)=C(C(F)(F)F)N2C)ccc1C=CC. The van der Waals surface area contributed by atoms with Crippen LogP contribution in [0.3, 0.4) is 0 Å². The van der Waals surface area contributed by atoms with E-state index < -0.39 is 33.8 Å². The number of hydrogen-bond donors (Lipinski definition) is 4. The molecule has 3 unspecified atom stereocenters. The van der Waals surface area contributed by atoms with Gasteiger partial charge in [-0.2, -0.15) is 13.2 Å². The lowest BCUT2D eigenvalue weighted by Crippen LogP contribution is -2.55. The Labute approximate surface area is 193 Å². The highest BCUT2D eigenvalue weighted by molar-refractivity contribution is 8.05. The molecule has 3 atom stereocenters. The van der Waals surface area contributed by atoms with Crippen molar-refractivity contribution < 1.29 is 27.6 Å². The molecule has 1 aromatic rings. The van der Waals surface area contributed by atoms with Crippen molar-refractivity contribution in [2.24, 2.45) is 0 Å². The van der Waals surface area contributed by atoms with Crippen LogP contribution in [0, 0.1) is 0 Å². The number of nitrogens with one attached hydrogen (secondary N) is 2. The molecule has 0 aliphatic carbocycles. The molecule has 6 nitrogen and oxygen atoms in total. The quantitative estimate of drug-likeness (QED) is 0.310. The number of amides is 1. The number of aliphatic hydroxyl groups is 1. The minimum atomic E-state index is -4.74. The Morgan fingerprint density at radius 1 is 1.41 bits per heavy atom. The maximum absolute atomic E-state index is 13.6. The summed E-state index contributed by atoms with van der Waals surface area (Å²) in [6.07, 6.45) is -0.0607. The van der Waals surface area contributed by atoms with Gasteiger partial charge in [-0.3, -0.25) is 10.1 Å². The average Bonchev–Trinajstić information content (AvgIpc) is 3.10. The maximum atomic E-state index is 13.6. The van der Waals surface area contributed by atoms with Crippen molar-refractivity contribution in [3.8, 4) is 0 Å². The fourth-order valence-electron chi connectivity index (χ4n) is 3.36. The normalized spacial score (nSPS) is 18.9. The van der Waals surface area contributed by atoms with Gasteiger partial charge in [0, 0.05) is 19.1 Å². The Balaban J connectivity index is 2.17. The lowest BCUT2D eigenvalue weighted by atomic mass is 10.0. The smallest absolute Gasteiger partial charge is 0.375 e. The third-order valence-electron chi connectivity index (χ3n) is 4.80. The van der Waals surface area contributed by atoms with Crippen LogP contribution >= 0.6 is 23.8 Å². The summed E-state index contributed by atoms with van der Waals surface area (Å²) in [6.45, 7) is 5.68. The fourth-order valence-corrected chi connectivity index (χ4v) is 5.21. The molecule has 0 saturated heterocycles. The molecule has 1 aromatic carbocycles. The zero-order valence-corrected chi connectivity index (χ0v) is 19.4. The summed E-state index contributed by atoms with van der Waals surface area (Å²) >= 11 is 0.656. The molecule has 1 aliphatic rings. The van der Waals surface area contributed by atoms with E-state index in [1.54, 1.807) is 6.08 Å². The van der Waals surface area contributed by atoms with Gasteiger partial charge in [-0.05, 0) is 30.7 Å². The molecule has 0 aromatic heterocycles. The van der Waals surface area contributed by atoms with Gasteiger partial charge in [-0.1, -0.05) is 54.8 Å². The standard InChI is InChI=1S/C21H26F3N3O3S2/c1-5-7-14-9-8-12(10-13(14)6-2)11-15(28)26-18(25-3)19-27(4)17(21(22,23)24)16(31-19)20(29)32-30/h5-10,18-20,25,29-30H,2,11H2,1,3-4H3,(H,26,28). The number of likely N-dealkylation sites (N-methyl/N-ethyl adjacent to an activating group) is 2. The van der Waals surface area contributed by atoms with Crippen molar-refractivity contribution in [1.82, 2.24) is 15.5 Å². The highest BCUT2D eigenvalue weighted by Crippen LogP contribution is 2.47.